The Kier molecular flexibility index (Phi) is 4.74. The van der Waals surface area contributed by atoms with Gasteiger partial charge in [-0.15, -0.1) is 0 Å². The monoisotopic (exact) mass is 404 g/mol. The summed E-state index contributed by atoms with van der Waals surface area (Å²) < 4.78 is 27.6. The molecule has 0 aromatic heterocycles. The zero-order valence-corrected chi connectivity index (χ0v) is 16.5. The van der Waals surface area contributed by atoms with E-state index >= 15 is 0 Å². The Hall–Kier alpha value is -1.89. The minimum atomic E-state index is -3.58. The van der Waals surface area contributed by atoms with Crippen LogP contribution in [0.15, 0.2) is 53.4 Å². The second-order valence-electron chi connectivity index (χ2n) is 7.32. The summed E-state index contributed by atoms with van der Waals surface area (Å²) in [6.07, 6.45) is 1.42. The number of carbonyl (C=O) groups is 1. The van der Waals surface area contributed by atoms with E-state index in [2.05, 4.69) is 5.32 Å². The quantitative estimate of drug-likeness (QED) is 0.850. The Morgan fingerprint density at radius 1 is 1.15 bits per heavy atom. The first kappa shape index (κ1) is 18.5. The molecule has 2 bridgehead atoms. The Labute approximate surface area is 164 Å². The SMILES string of the molecule is Cc1ccc(S(=O)(=O)N2CC3CC2CC3NC(=O)c2ccccc2)cc1Cl. The summed E-state index contributed by atoms with van der Waals surface area (Å²) >= 11 is 6.11. The molecule has 27 heavy (non-hydrogen) atoms. The highest BCUT2D eigenvalue weighted by molar-refractivity contribution is 7.89. The first-order valence-corrected chi connectivity index (χ1v) is 10.8. The van der Waals surface area contributed by atoms with Crippen LogP contribution >= 0.6 is 11.6 Å². The van der Waals surface area contributed by atoms with Gasteiger partial charge in [0.05, 0.1) is 4.90 Å². The van der Waals surface area contributed by atoms with Gasteiger partial charge >= 0.3 is 0 Å². The van der Waals surface area contributed by atoms with Crippen molar-refractivity contribution in [1.82, 2.24) is 9.62 Å². The Bertz CT molecular complexity index is 978. The van der Waals surface area contributed by atoms with Crippen LogP contribution < -0.4 is 5.32 Å². The van der Waals surface area contributed by atoms with Gasteiger partial charge in [-0.3, -0.25) is 4.79 Å². The van der Waals surface area contributed by atoms with Gasteiger partial charge in [0, 0.05) is 29.2 Å². The molecule has 1 aliphatic carbocycles. The molecule has 1 saturated carbocycles. The molecule has 2 aromatic rings. The fraction of sp³-hybridized carbons (Fsp3) is 0.350. The van der Waals surface area contributed by atoms with E-state index in [9.17, 15) is 13.2 Å². The molecule has 2 aromatic carbocycles. The average molecular weight is 405 g/mol. The Morgan fingerprint density at radius 3 is 2.52 bits per heavy atom. The summed E-state index contributed by atoms with van der Waals surface area (Å²) in [5.41, 5.74) is 1.47. The number of halogens is 1. The van der Waals surface area contributed by atoms with E-state index < -0.39 is 10.0 Å². The average Bonchev–Trinajstić information content (AvgIpc) is 3.25. The lowest BCUT2D eigenvalue weighted by molar-refractivity contribution is 0.0919. The molecule has 7 heteroatoms. The number of nitrogens with zero attached hydrogens (tertiary/aromatic N) is 1. The highest BCUT2D eigenvalue weighted by Crippen LogP contribution is 2.41. The van der Waals surface area contributed by atoms with Gasteiger partial charge in [-0.05, 0) is 55.5 Å². The van der Waals surface area contributed by atoms with Crippen LogP contribution in [0.2, 0.25) is 5.02 Å². The molecule has 1 N–H and O–H groups in total. The number of fused-ring (bicyclic) bond motifs is 2. The Balaban J connectivity index is 1.47. The summed E-state index contributed by atoms with van der Waals surface area (Å²) in [5.74, 6) is 0.0335. The normalized spacial score (nSPS) is 24.9. The summed E-state index contributed by atoms with van der Waals surface area (Å²) in [6.45, 7) is 2.27. The van der Waals surface area contributed by atoms with Gasteiger partial charge in [0.15, 0.2) is 0 Å². The number of aryl methyl sites for hydroxylation is 1. The van der Waals surface area contributed by atoms with Crippen molar-refractivity contribution in [3.05, 3.63) is 64.7 Å². The van der Waals surface area contributed by atoms with E-state index in [0.29, 0.717) is 23.6 Å². The maximum Gasteiger partial charge on any atom is 0.251 e. The number of amides is 1. The molecular weight excluding hydrogens is 384 g/mol. The number of hydrogen-bond donors (Lipinski definition) is 1. The van der Waals surface area contributed by atoms with Crippen LogP contribution in [-0.2, 0) is 10.0 Å². The van der Waals surface area contributed by atoms with Crippen molar-refractivity contribution in [2.24, 2.45) is 5.92 Å². The third kappa shape index (κ3) is 3.37. The lowest BCUT2D eigenvalue weighted by atomic mass is 10.0. The van der Waals surface area contributed by atoms with E-state index in [1.165, 1.54) is 6.07 Å². The third-order valence-corrected chi connectivity index (χ3v) is 7.92. The molecular formula is C20H21ClN2O3S. The van der Waals surface area contributed by atoms with Crippen molar-refractivity contribution < 1.29 is 13.2 Å². The van der Waals surface area contributed by atoms with E-state index in [4.69, 9.17) is 11.6 Å². The standard InChI is InChI=1S/C20H21ClN2O3S/c1-13-7-8-17(11-18(13)21)27(25,26)23-12-15-9-16(23)10-19(15)22-20(24)14-5-3-2-4-6-14/h2-8,11,15-16,19H,9-10,12H2,1H3,(H,22,24). The number of hydrogen-bond acceptors (Lipinski definition) is 3. The van der Waals surface area contributed by atoms with Gasteiger partial charge in [0.25, 0.3) is 5.91 Å². The van der Waals surface area contributed by atoms with Crippen molar-refractivity contribution in [2.75, 3.05) is 6.54 Å². The minimum absolute atomic E-state index is 0.00996. The molecule has 2 fully saturated rings. The molecule has 3 atom stereocenters. The first-order chi connectivity index (χ1) is 12.9. The van der Waals surface area contributed by atoms with Crippen LogP contribution in [0.3, 0.4) is 0 Å². The minimum Gasteiger partial charge on any atom is -0.349 e. The molecule has 1 amide bonds. The van der Waals surface area contributed by atoms with Crippen LogP contribution in [0.1, 0.15) is 28.8 Å². The zero-order valence-electron chi connectivity index (χ0n) is 14.9. The topological polar surface area (TPSA) is 66.5 Å². The summed E-state index contributed by atoms with van der Waals surface area (Å²) in [4.78, 5) is 12.6. The maximum atomic E-state index is 13.0. The van der Waals surface area contributed by atoms with Crippen molar-refractivity contribution in [3.63, 3.8) is 0 Å². The van der Waals surface area contributed by atoms with Crippen molar-refractivity contribution in [3.8, 4) is 0 Å². The summed E-state index contributed by atoms with van der Waals surface area (Å²) in [6, 6.07) is 13.9. The zero-order chi connectivity index (χ0) is 19.2. The number of rotatable bonds is 4. The fourth-order valence-electron chi connectivity index (χ4n) is 4.09. The lowest BCUT2D eigenvalue weighted by Crippen LogP contribution is -2.47. The third-order valence-electron chi connectivity index (χ3n) is 5.59. The molecule has 4 rings (SSSR count). The molecule has 1 heterocycles. The molecule has 3 unspecified atom stereocenters. The van der Waals surface area contributed by atoms with Gasteiger partial charge in [-0.2, -0.15) is 4.31 Å². The highest BCUT2D eigenvalue weighted by Gasteiger charge is 2.49. The van der Waals surface area contributed by atoms with Crippen LogP contribution in [0, 0.1) is 12.8 Å². The summed E-state index contributed by atoms with van der Waals surface area (Å²) in [5, 5.41) is 3.53. The number of piperidine rings is 1. The van der Waals surface area contributed by atoms with E-state index in [-0.39, 0.29) is 28.8 Å². The van der Waals surface area contributed by atoms with Gasteiger partial charge in [-0.1, -0.05) is 35.9 Å². The predicted molar refractivity (Wildman–Crippen MR) is 104 cm³/mol. The molecule has 5 nitrogen and oxygen atoms in total. The summed E-state index contributed by atoms with van der Waals surface area (Å²) in [7, 11) is -3.58. The maximum absolute atomic E-state index is 13.0. The molecule has 1 saturated heterocycles. The van der Waals surface area contributed by atoms with Crippen molar-refractivity contribution in [2.45, 2.75) is 36.7 Å². The Morgan fingerprint density at radius 2 is 1.89 bits per heavy atom. The molecule has 0 radical (unpaired) electrons. The molecule has 2 aliphatic rings. The van der Waals surface area contributed by atoms with Gasteiger partial charge < -0.3 is 5.32 Å². The van der Waals surface area contributed by atoms with E-state index in [1.54, 1.807) is 28.6 Å². The highest BCUT2D eigenvalue weighted by atomic mass is 35.5. The van der Waals surface area contributed by atoms with E-state index in [1.807, 2.05) is 25.1 Å². The van der Waals surface area contributed by atoms with Gasteiger partial charge in [-0.25, -0.2) is 8.42 Å². The van der Waals surface area contributed by atoms with Crippen LogP contribution in [0.25, 0.3) is 0 Å². The largest absolute Gasteiger partial charge is 0.349 e. The molecule has 0 spiro atoms. The lowest BCUT2D eigenvalue weighted by Gasteiger charge is -2.31. The number of sulfonamides is 1. The number of benzene rings is 2. The van der Waals surface area contributed by atoms with Gasteiger partial charge in [0.1, 0.15) is 0 Å². The fourth-order valence-corrected chi connectivity index (χ4v) is 6.07. The predicted octanol–water partition coefficient (Wildman–Crippen LogP) is 3.23. The molecule has 1 aliphatic heterocycles. The van der Waals surface area contributed by atoms with Crippen LogP contribution in [-0.4, -0.2) is 37.3 Å². The molecule has 142 valence electrons. The van der Waals surface area contributed by atoms with Crippen molar-refractivity contribution >= 4 is 27.5 Å². The van der Waals surface area contributed by atoms with Crippen LogP contribution in [0.4, 0.5) is 0 Å². The van der Waals surface area contributed by atoms with Crippen molar-refractivity contribution in [1.29, 1.82) is 0 Å². The second kappa shape index (κ2) is 6.93. The second-order valence-corrected chi connectivity index (χ2v) is 9.61. The van der Waals surface area contributed by atoms with E-state index in [0.717, 1.165) is 12.0 Å². The smallest absolute Gasteiger partial charge is 0.251 e. The number of carbonyl (C=O) groups excluding carboxylic acids is 1. The van der Waals surface area contributed by atoms with Crippen LogP contribution in [0.5, 0.6) is 0 Å². The number of nitrogens with one attached hydrogen (secondary N) is 1. The first-order valence-electron chi connectivity index (χ1n) is 9.00. The van der Waals surface area contributed by atoms with Gasteiger partial charge in [0.2, 0.25) is 10.0 Å².